The molecule has 0 N–H and O–H groups in total. The van der Waals surface area contributed by atoms with Gasteiger partial charge in [0.05, 0.1) is 5.56 Å². The van der Waals surface area contributed by atoms with Gasteiger partial charge in [0.15, 0.2) is 0 Å². The van der Waals surface area contributed by atoms with E-state index in [1.807, 2.05) is 26.1 Å². The predicted octanol–water partition coefficient (Wildman–Crippen LogP) is 2.64. The first-order chi connectivity index (χ1) is 7.50. The van der Waals surface area contributed by atoms with Crippen molar-refractivity contribution in [3.63, 3.8) is 0 Å². The smallest absolute Gasteiger partial charge is 0.255 e. The summed E-state index contributed by atoms with van der Waals surface area (Å²) in [7, 11) is 1.82. The minimum atomic E-state index is 0.0284. The lowest BCUT2D eigenvalue weighted by molar-refractivity contribution is 0.0793. The van der Waals surface area contributed by atoms with Gasteiger partial charge in [-0.15, -0.1) is 0 Å². The average Bonchev–Trinajstić information content (AvgIpc) is 2.26. The molecule has 0 spiro atoms. The fraction of sp³-hybridized carbons (Fsp3) is 0.500. The molecule has 0 aromatic carbocycles. The standard InChI is InChI=1S/C12H17BrN2O/c1-9(13)6-7-15(3)12(16)11-5-4-10(2)14-8-11/h4-5,8-9H,6-7H2,1-3H3. The van der Waals surface area contributed by atoms with Crippen molar-refractivity contribution in [2.24, 2.45) is 0 Å². The fourth-order valence-electron chi connectivity index (χ4n) is 1.29. The molecule has 1 amide bonds. The molecule has 1 aromatic heterocycles. The van der Waals surface area contributed by atoms with Gasteiger partial charge in [-0.05, 0) is 25.5 Å². The monoisotopic (exact) mass is 284 g/mol. The van der Waals surface area contributed by atoms with Gasteiger partial charge in [0.25, 0.3) is 5.91 Å². The van der Waals surface area contributed by atoms with Gasteiger partial charge in [-0.1, -0.05) is 22.9 Å². The van der Waals surface area contributed by atoms with Crippen molar-refractivity contribution in [2.75, 3.05) is 13.6 Å². The van der Waals surface area contributed by atoms with E-state index in [0.29, 0.717) is 10.4 Å². The van der Waals surface area contributed by atoms with Crippen LogP contribution in [0.5, 0.6) is 0 Å². The number of halogens is 1. The lowest BCUT2D eigenvalue weighted by Gasteiger charge is -2.17. The van der Waals surface area contributed by atoms with E-state index in [1.54, 1.807) is 11.1 Å². The number of alkyl halides is 1. The van der Waals surface area contributed by atoms with Crippen molar-refractivity contribution in [2.45, 2.75) is 25.1 Å². The zero-order valence-corrected chi connectivity index (χ0v) is 11.5. The molecule has 0 bridgehead atoms. The van der Waals surface area contributed by atoms with Crippen molar-refractivity contribution in [3.05, 3.63) is 29.6 Å². The Kier molecular flexibility index (Phi) is 4.93. The molecular formula is C12H17BrN2O. The normalized spacial score (nSPS) is 12.2. The van der Waals surface area contributed by atoms with Crippen LogP contribution in [-0.4, -0.2) is 34.2 Å². The number of hydrogen-bond donors (Lipinski definition) is 0. The van der Waals surface area contributed by atoms with Crippen LogP contribution in [0.4, 0.5) is 0 Å². The summed E-state index contributed by atoms with van der Waals surface area (Å²) in [6, 6.07) is 3.67. The van der Waals surface area contributed by atoms with E-state index in [2.05, 4.69) is 27.8 Å². The third-order valence-corrected chi connectivity index (χ3v) is 2.83. The molecule has 0 radical (unpaired) electrons. The quantitative estimate of drug-likeness (QED) is 0.797. The zero-order chi connectivity index (χ0) is 12.1. The van der Waals surface area contributed by atoms with Crippen molar-refractivity contribution in [3.8, 4) is 0 Å². The summed E-state index contributed by atoms with van der Waals surface area (Å²) >= 11 is 3.47. The number of aryl methyl sites for hydroxylation is 1. The molecule has 3 nitrogen and oxygen atoms in total. The van der Waals surface area contributed by atoms with Gasteiger partial charge in [-0.2, -0.15) is 0 Å². The van der Waals surface area contributed by atoms with Crippen LogP contribution in [0.3, 0.4) is 0 Å². The van der Waals surface area contributed by atoms with Gasteiger partial charge in [-0.25, -0.2) is 0 Å². The number of hydrogen-bond acceptors (Lipinski definition) is 2. The average molecular weight is 285 g/mol. The summed E-state index contributed by atoms with van der Waals surface area (Å²) < 4.78 is 0. The topological polar surface area (TPSA) is 33.2 Å². The van der Waals surface area contributed by atoms with Crippen molar-refractivity contribution in [1.29, 1.82) is 0 Å². The number of aromatic nitrogens is 1. The molecule has 1 rings (SSSR count). The SMILES string of the molecule is Cc1ccc(C(=O)N(C)CCC(C)Br)cn1. The maximum Gasteiger partial charge on any atom is 0.255 e. The molecule has 0 fully saturated rings. The Morgan fingerprint density at radius 1 is 1.56 bits per heavy atom. The summed E-state index contributed by atoms with van der Waals surface area (Å²) in [6.07, 6.45) is 2.58. The molecule has 16 heavy (non-hydrogen) atoms. The summed E-state index contributed by atoms with van der Waals surface area (Å²) in [4.78, 5) is 18.2. The van der Waals surface area contributed by atoms with Crippen molar-refractivity contribution in [1.82, 2.24) is 9.88 Å². The maximum atomic E-state index is 11.9. The Morgan fingerprint density at radius 3 is 2.75 bits per heavy atom. The highest BCUT2D eigenvalue weighted by atomic mass is 79.9. The number of carbonyl (C=O) groups excluding carboxylic acids is 1. The minimum Gasteiger partial charge on any atom is -0.342 e. The summed E-state index contributed by atoms with van der Waals surface area (Å²) in [5, 5.41) is 0. The Morgan fingerprint density at radius 2 is 2.25 bits per heavy atom. The molecule has 0 aliphatic rings. The Balaban J connectivity index is 2.60. The van der Waals surface area contributed by atoms with E-state index in [4.69, 9.17) is 0 Å². The number of pyridine rings is 1. The first kappa shape index (κ1) is 13.2. The zero-order valence-electron chi connectivity index (χ0n) is 9.90. The first-order valence-electron chi connectivity index (χ1n) is 5.33. The largest absolute Gasteiger partial charge is 0.342 e. The minimum absolute atomic E-state index is 0.0284. The van der Waals surface area contributed by atoms with Gasteiger partial charge < -0.3 is 4.90 Å². The molecule has 1 unspecified atom stereocenters. The highest BCUT2D eigenvalue weighted by Gasteiger charge is 2.12. The van der Waals surface area contributed by atoms with Gasteiger partial charge in [0, 0.05) is 30.3 Å². The van der Waals surface area contributed by atoms with Crippen LogP contribution < -0.4 is 0 Å². The fourth-order valence-corrected chi connectivity index (χ4v) is 1.49. The van der Waals surface area contributed by atoms with Gasteiger partial charge in [0.1, 0.15) is 0 Å². The molecule has 4 heteroatoms. The lowest BCUT2D eigenvalue weighted by Crippen LogP contribution is -2.28. The van der Waals surface area contributed by atoms with Crippen molar-refractivity contribution < 1.29 is 4.79 Å². The summed E-state index contributed by atoms with van der Waals surface area (Å²) in [5.74, 6) is 0.0284. The first-order valence-corrected chi connectivity index (χ1v) is 6.24. The number of rotatable bonds is 4. The number of carbonyl (C=O) groups is 1. The van der Waals surface area contributed by atoms with E-state index in [0.717, 1.165) is 18.7 Å². The summed E-state index contributed by atoms with van der Waals surface area (Å²) in [6.45, 7) is 4.73. The Hall–Kier alpha value is -0.900. The number of amides is 1. The highest BCUT2D eigenvalue weighted by Crippen LogP contribution is 2.07. The molecule has 1 aromatic rings. The van der Waals surface area contributed by atoms with Crippen LogP contribution in [0.25, 0.3) is 0 Å². The van der Waals surface area contributed by atoms with Crippen LogP contribution in [0.15, 0.2) is 18.3 Å². The van der Waals surface area contributed by atoms with Crippen LogP contribution in [-0.2, 0) is 0 Å². The maximum absolute atomic E-state index is 11.9. The van der Waals surface area contributed by atoms with Gasteiger partial charge >= 0.3 is 0 Å². The lowest BCUT2D eigenvalue weighted by atomic mass is 10.2. The Bertz CT molecular complexity index is 349. The van der Waals surface area contributed by atoms with Crippen LogP contribution in [0.1, 0.15) is 29.4 Å². The third kappa shape index (κ3) is 3.93. The number of nitrogens with zero attached hydrogens (tertiary/aromatic N) is 2. The van der Waals surface area contributed by atoms with E-state index in [-0.39, 0.29) is 5.91 Å². The summed E-state index contributed by atoms with van der Waals surface area (Å²) in [5.41, 5.74) is 1.57. The molecule has 0 aliphatic carbocycles. The second-order valence-electron chi connectivity index (χ2n) is 3.98. The van der Waals surface area contributed by atoms with Crippen LogP contribution in [0, 0.1) is 6.92 Å². The van der Waals surface area contributed by atoms with Gasteiger partial charge in [0.2, 0.25) is 0 Å². The predicted molar refractivity (Wildman–Crippen MR) is 68.9 cm³/mol. The second kappa shape index (κ2) is 5.99. The molecule has 1 heterocycles. The Labute approximate surface area is 105 Å². The van der Waals surface area contributed by atoms with Crippen LogP contribution in [0.2, 0.25) is 0 Å². The van der Waals surface area contributed by atoms with E-state index >= 15 is 0 Å². The third-order valence-electron chi connectivity index (χ3n) is 2.37. The molecule has 88 valence electrons. The second-order valence-corrected chi connectivity index (χ2v) is 5.55. The van der Waals surface area contributed by atoms with Crippen LogP contribution >= 0.6 is 15.9 Å². The molecular weight excluding hydrogens is 268 g/mol. The van der Waals surface area contributed by atoms with Gasteiger partial charge in [-0.3, -0.25) is 9.78 Å². The van der Waals surface area contributed by atoms with E-state index < -0.39 is 0 Å². The van der Waals surface area contributed by atoms with Crippen molar-refractivity contribution >= 4 is 21.8 Å². The van der Waals surface area contributed by atoms with E-state index in [9.17, 15) is 4.79 Å². The molecule has 0 aliphatic heterocycles. The molecule has 0 saturated carbocycles. The van der Waals surface area contributed by atoms with E-state index in [1.165, 1.54) is 0 Å². The highest BCUT2D eigenvalue weighted by molar-refractivity contribution is 9.09. The molecule has 0 saturated heterocycles. The molecule has 1 atom stereocenters.